The number of amides is 1. The first kappa shape index (κ1) is 8.01. The van der Waals surface area contributed by atoms with Gasteiger partial charge in [-0.1, -0.05) is 4.09 Å². The highest BCUT2D eigenvalue weighted by atomic mass is 35.5. The molecular weight excluding hydrogens is 164 g/mol. The number of aryl methyl sites for hydroxylation is 1. The molecule has 0 spiro atoms. The smallest absolute Gasteiger partial charge is 0.315 e. The van der Waals surface area contributed by atoms with E-state index in [1.807, 2.05) is 0 Å². The Morgan fingerprint density at radius 1 is 1.73 bits per heavy atom. The second-order valence-electron chi connectivity index (χ2n) is 2.22. The Kier molecular flexibility index (Phi) is 2.10. The third kappa shape index (κ3) is 1.49. The van der Waals surface area contributed by atoms with Crippen LogP contribution < -0.4 is 9.82 Å². The fraction of sp³-hybridized carbons (Fsp3) is 0.143. The van der Waals surface area contributed by atoms with Gasteiger partial charge in [0.1, 0.15) is 0 Å². The molecule has 0 bridgehead atoms. The quantitative estimate of drug-likeness (QED) is 0.653. The Morgan fingerprint density at radius 3 is 2.73 bits per heavy atom. The van der Waals surface area contributed by atoms with Crippen LogP contribution in [0.3, 0.4) is 0 Å². The molecule has 1 aromatic rings. The van der Waals surface area contributed by atoms with Crippen LogP contribution >= 0.6 is 11.8 Å². The van der Waals surface area contributed by atoms with Gasteiger partial charge >= 0.3 is 5.91 Å². The van der Waals surface area contributed by atoms with Gasteiger partial charge in [-0.25, -0.2) is 0 Å². The third-order valence-electron chi connectivity index (χ3n) is 1.38. The summed E-state index contributed by atoms with van der Waals surface area (Å²) >= 11 is 5.64. The van der Waals surface area contributed by atoms with Crippen LogP contribution in [0.4, 0.5) is 0 Å². The highest BCUT2D eigenvalue weighted by molar-refractivity contribution is 6.06. The fourth-order valence-corrected chi connectivity index (χ4v) is 1.17. The Hall–Kier alpha value is -1.09. The standard InChI is InChI=1S/C7H7ClN2O/c1-5-3-2-4-10(8)6(5)7(9)11/h2-4H,1H3,(H-,9,11)/p+1. The van der Waals surface area contributed by atoms with Crippen LogP contribution in [-0.2, 0) is 0 Å². The molecule has 0 saturated carbocycles. The Labute approximate surface area is 69.5 Å². The molecule has 0 unspecified atom stereocenters. The molecule has 2 N–H and O–H groups in total. The number of hydrogen-bond donors (Lipinski definition) is 1. The van der Waals surface area contributed by atoms with Crippen molar-refractivity contribution in [2.24, 2.45) is 5.73 Å². The van der Waals surface area contributed by atoms with E-state index in [0.717, 1.165) is 5.56 Å². The molecule has 0 aliphatic carbocycles. The van der Waals surface area contributed by atoms with Gasteiger partial charge in [-0.2, -0.15) is 0 Å². The van der Waals surface area contributed by atoms with Crippen LogP contribution in [0.1, 0.15) is 16.1 Å². The van der Waals surface area contributed by atoms with Crippen LogP contribution in [0.5, 0.6) is 0 Å². The number of nitrogens with zero attached hydrogens (tertiary/aromatic N) is 1. The second kappa shape index (κ2) is 2.88. The summed E-state index contributed by atoms with van der Waals surface area (Å²) in [5.41, 5.74) is 6.17. The number of rotatable bonds is 1. The monoisotopic (exact) mass is 171 g/mol. The second-order valence-corrected chi connectivity index (χ2v) is 2.58. The zero-order chi connectivity index (χ0) is 8.43. The summed E-state index contributed by atoms with van der Waals surface area (Å²) in [4.78, 5) is 10.8. The van der Waals surface area contributed by atoms with Crippen molar-refractivity contribution in [2.45, 2.75) is 6.92 Å². The highest BCUT2D eigenvalue weighted by Gasteiger charge is 2.17. The Morgan fingerprint density at radius 2 is 2.36 bits per heavy atom. The molecule has 3 nitrogen and oxygen atoms in total. The summed E-state index contributed by atoms with van der Waals surface area (Å²) in [7, 11) is 0. The molecular formula is C7H8ClN2O+. The average Bonchev–Trinajstić information content (AvgIpc) is 1.85. The summed E-state index contributed by atoms with van der Waals surface area (Å²) in [5.74, 6) is -0.516. The largest absolute Gasteiger partial charge is 0.360 e. The van der Waals surface area contributed by atoms with Crippen molar-refractivity contribution in [1.82, 2.24) is 0 Å². The molecule has 0 radical (unpaired) electrons. The van der Waals surface area contributed by atoms with E-state index in [-0.39, 0.29) is 0 Å². The highest BCUT2D eigenvalue weighted by Crippen LogP contribution is 2.00. The topological polar surface area (TPSA) is 47.0 Å². The van der Waals surface area contributed by atoms with Crippen LogP contribution in [0.15, 0.2) is 18.3 Å². The van der Waals surface area contributed by atoms with Crippen molar-refractivity contribution in [3.8, 4) is 0 Å². The van der Waals surface area contributed by atoms with Crippen molar-refractivity contribution >= 4 is 17.7 Å². The van der Waals surface area contributed by atoms with Crippen LogP contribution in [0, 0.1) is 6.92 Å². The molecule has 0 atom stereocenters. The molecule has 0 saturated heterocycles. The predicted octanol–water partition coefficient (Wildman–Crippen LogP) is 0.383. The van der Waals surface area contributed by atoms with Crippen molar-refractivity contribution in [3.05, 3.63) is 29.6 Å². The summed E-state index contributed by atoms with van der Waals surface area (Å²) in [6.45, 7) is 1.78. The molecule has 0 fully saturated rings. The lowest BCUT2D eigenvalue weighted by atomic mass is 10.2. The van der Waals surface area contributed by atoms with Crippen LogP contribution in [0.25, 0.3) is 0 Å². The fourth-order valence-electron chi connectivity index (χ4n) is 0.884. The van der Waals surface area contributed by atoms with Gasteiger partial charge in [0, 0.05) is 11.6 Å². The maximum atomic E-state index is 10.8. The average molecular weight is 172 g/mol. The summed E-state index contributed by atoms with van der Waals surface area (Å²) < 4.78 is 1.19. The molecule has 1 aromatic heterocycles. The van der Waals surface area contributed by atoms with Gasteiger partial charge in [0.05, 0.1) is 0 Å². The van der Waals surface area contributed by atoms with Gasteiger partial charge in [0.15, 0.2) is 6.20 Å². The van der Waals surface area contributed by atoms with E-state index >= 15 is 0 Å². The molecule has 11 heavy (non-hydrogen) atoms. The lowest BCUT2D eigenvalue weighted by Gasteiger charge is -1.93. The first-order valence-electron chi connectivity index (χ1n) is 3.10. The van der Waals surface area contributed by atoms with Gasteiger partial charge in [-0.05, 0) is 13.0 Å². The lowest BCUT2D eigenvalue weighted by molar-refractivity contribution is -0.522. The van der Waals surface area contributed by atoms with Crippen molar-refractivity contribution < 1.29 is 8.88 Å². The van der Waals surface area contributed by atoms with Gasteiger partial charge in [0.2, 0.25) is 0 Å². The SMILES string of the molecule is Cc1ccc[n+](Cl)c1C(N)=O. The lowest BCUT2D eigenvalue weighted by Crippen LogP contribution is -2.34. The number of carbonyl (C=O) groups excluding carboxylic acids is 1. The van der Waals surface area contributed by atoms with Crippen molar-refractivity contribution in [1.29, 1.82) is 0 Å². The molecule has 1 rings (SSSR count). The first-order chi connectivity index (χ1) is 5.13. The van der Waals surface area contributed by atoms with E-state index in [9.17, 15) is 4.79 Å². The first-order valence-corrected chi connectivity index (χ1v) is 3.44. The van der Waals surface area contributed by atoms with E-state index in [1.165, 1.54) is 4.09 Å². The van der Waals surface area contributed by atoms with Crippen molar-refractivity contribution in [3.63, 3.8) is 0 Å². The number of aromatic nitrogens is 1. The van der Waals surface area contributed by atoms with E-state index in [4.69, 9.17) is 17.5 Å². The summed E-state index contributed by atoms with van der Waals surface area (Å²) in [6, 6.07) is 3.52. The van der Waals surface area contributed by atoms with E-state index < -0.39 is 5.91 Å². The zero-order valence-electron chi connectivity index (χ0n) is 6.04. The Bertz CT molecular complexity index is 278. The van der Waals surface area contributed by atoms with E-state index in [2.05, 4.69) is 0 Å². The number of primary amides is 1. The molecule has 1 heterocycles. The third-order valence-corrected chi connectivity index (χ3v) is 1.67. The summed E-state index contributed by atoms with van der Waals surface area (Å²) in [5, 5.41) is 0. The molecule has 0 aliphatic heterocycles. The number of hydrogen-bond acceptors (Lipinski definition) is 1. The van der Waals surface area contributed by atoms with Gasteiger partial charge < -0.3 is 5.73 Å². The molecule has 0 aliphatic rings. The van der Waals surface area contributed by atoms with E-state index in [1.54, 1.807) is 25.3 Å². The molecule has 4 heteroatoms. The number of nitrogens with two attached hydrogens (primary N) is 1. The van der Waals surface area contributed by atoms with Gasteiger partial charge in [-0.15, -0.1) is 0 Å². The molecule has 1 amide bonds. The normalized spacial score (nSPS) is 9.64. The number of carbonyl (C=O) groups is 1. The minimum absolute atomic E-state index is 0.328. The minimum Gasteiger partial charge on any atom is -0.360 e. The van der Waals surface area contributed by atoms with Crippen molar-refractivity contribution in [2.75, 3.05) is 0 Å². The van der Waals surface area contributed by atoms with Gasteiger partial charge in [-0.3, -0.25) is 4.79 Å². The maximum absolute atomic E-state index is 10.8. The minimum atomic E-state index is -0.516. The predicted molar refractivity (Wildman–Crippen MR) is 41.1 cm³/mol. The number of halogens is 1. The molecule has 58 valence electrons. The summed E-state index contributed by atoms with van der Waals surface area (Å²) in [6.07, 6.45) is 1.56. The molecule has 0 aromatic carbocycles. The number of pyridine rings is 1. The van der Waals surface area contributed by atoms with Crippen LogP contribution in [-0.4, -0.2) is 5.91 Å². The zero-order valence-corrected chi connectivity index (χ0v) is 6.80. The van der Waals surface area contributed by atoms with E-state index in [0.29, 0.717) is 5.69 Å². The van der Waals surface area contributed by atoms with Crippen LogP contribution in [0.2, 0.25) is 0 Å². The maximum Gasteiger partial charge on any atom is 0.315 e. The van der Waals surface area contributed by atoms with Gasteiger partial charge in [0.25, 0.3) is 17.5 Å². The Balaban J connectivity index is 3.32.